The van der Waals surface area contributed by atoms with Crippen molar-refractivity contribution in [1.82, 2.24) is 15.2 Å². The molecule has 3 nitrogen and oxygen atoms in total. The Balaban J connectivity index is 2.14. The van der Waals surface area contributed by atoms with Gasteiger partial charge in [0.15, 0.2) is 0 Å². The fourth-order valence-electron chi connectivity index (χ4n) is 2.98. The van der Waals surface area contributed by atoms with Gasteiger partial charge >= 0.3 is 0 Å². The van der Waals surface area contributed by atoms with Gasteiger partial charge < -0.3 is 5.32 Å². The molecule has 1 aromatic heterocycles. The van der Waals surface area contributed by atoms with Crippen molar-refractivity contribution in [3.8, 4) is 0 Å². The van der Waals surface area contributed by atoms with Gasteiger partial charge in [-0.1, -0.05) is 20.3 Å². The molecule has 1 aliphatic heterocycles. The highest BCUT2D eigenvalue weighted by Gasteiger charge is 2.35. The zero-order valence-electron chi connectivity index (χ0n) is 13.8. The van der Waals surface area contributed by atoms with Gasteiger partial charge in [-0.15, -0.1) is 11.3 Å². The maximum atomic E-state index is 4.73. The molecule has 4 heteroatoms. The van der Waals surface area contributed by atoms with Crippen molar-refractivity contribution in [1.29, 1.82) is 0 Å². The molecule has 2 atom stereocenters. The van der Waals surface area contributed by atoms with Gasteiger partial charge in [0.25, 0.3) is 0 Å². The molecular formula is C16H29N3S. The van der Waals surface area contributed by atoms with E-state index in [4.69, 9.17) is 4.98 Å². The summed E-state index contributed by atoms with van der Waals surface area (Å²) in [5, 5.41) is 4.97. The first kappa shape index (κ1) is 15.9. The second kappa shape index (κ2) is 6.12. The third-order valence-electron chi connectivity index (χ3n) is 4.57. The minimum Gasteiger partial charge on any atom is -0.309 e. The summed E-state index contributed by atoms with van der Waals surface area (Å²) in [5.74, 6) is 0.723. The van der Waals surface area contributed by atoms with Crippen LogP contribution in [0.15, 0.2) is 0 Å². The number of hydrogen-bond acceptors (Lipinski definition) is 4. The molecule has 1 N–H and O–H groups in total. The molecule has 1 aromatic rings. The summed E-state index contributed by atoms with van der Waals surface area (Å²) in [4.78, 5) is 8.73. The predicted octanol–water partition coefficient (Wildman–Crippen LogP) is 3.36. The minimum atomic E-state index is 0.200. The fourth-order valence-corrected chi connectivity index (χ4v) is 3.94. The molecule has 0 spiro atoms. The molecule has 1 aliphatic rings. The molecule has 2 rings (SSSR count). The molecule has 0 bridgehead atoms. The highest BCUT2D eigenvalue weighted by molar-refractivity contribution is 7.11. The van der Waals surface area contributed by atoms with Gasteiger partial charge in [-0.05, 0) is 33.6 Å². The van der Waals surface area contributed by atoms with Crippen LogP contribution in [-0.2, 0) is 6.54 Å². The Morgan fingerprint density at radius 2 is 2.15 bits per heavy atom. The lowest BCUT2D eigenvalue weighted by molar-refractivity contribution is 0.0570. The lowest BCUT2D eigenvalue weighted by Crippen LogP contribution is -2.62. The Morgan fingerprint density at radius 3 is 2.70 bits per heavy atom. The minimum absolute atomic E-state index is 0.200. The molecule has 0 radical (unpaired) electrons. The van der Waals surface area contributed by atoms with Crippen LogP contribution in [0.1, 0.15) is 49.7 Å². The largest absolute Gasteiger partial charge is 0.309 e. The van der Waals surface area contributed by atoms with Crippen LogP contribution in [-0.4, -0.2) is 34.6 Å². The molecule has 0 amide bonds. The van der Waals surface area contributed by atoms with Crippen LogP contribution >= 0.6 is 11.3 Å². The number of nitrogens with zero attached hydrogens (tertiary/aromatic N) is 2. The molecular weight excluding hydrogens is 266 g/mol. The monoisotopic (exact) mass is 295 g/mol. The fraction of sp³-hybridized carbons (Fsp3) is 0.812. The molecule has 0 aliphatic carbocycles. The van der Waals surface area contributed by atoms with Crippen LogP contribution in [0.25, 0.3) is 0 Å². The quantitative estimate of drug-likeness (QED) is 0.923. The number of rotatable bonds is 4. The summed E-state index contributed by atoms with van der Waals surface area (Å²) < 4.78 is 0. The van der Waals surface area contributed by atoms with Crippen LogP contribution in [0.3, 0.4) is 0 Å². The summed E-state index contributed by atoms with van der Waals surface area (Å²) >= 11 is 1.86. The zero-order chi connectivity index (χ0) is 14.9. The van der Waals surface area contributed by atoms with Gasteiger partial charge in [0, 0.05) is 29.5 Å². The zero-order valence-corrected chi connectivity index (χ0v) is 14.6. The Hall–Kier alpha value is -0.450. The van der Waals surface area contributed by atoms with E-state index in [9.17, 15) is 0 Å². The van der Waals surface area contributed by atoms with Crippen LogP contribution in [0, 0.1) is 19.8 Å². The molecule has 0 saturated carbocycles. The maximum Gasteiger partial charge on any atom is 0.107 e. The lowest BCUT2D eigenvalue weighted by atomic mass is 9.91. The first-order valence-electron chi connectivity index (χ1n) is 7.74. The molecule has 20 heavy (non-hydrogen) atoms. The number of thiazole rings is 1. The number of hydrogen-bond donors (Lipinski definition) is 1. The summed E-state index contributed by atoms with van der Waals surface area (Å²) in [6, 6.07) is 0.623. The number of aryl methyl sites for hydroxylation is 2. The highest BCUT2D eigenvalue weighted by atomic mass is 32.1. The topological polar surface area (TPSA) is 28.2 Å². The first-order chi connectivity index (χ1) is 9.32. The standard InChI is InChI=1S/C16H29N3S/c1-7-11(2)14-8-17-16(5,6)10-19(14)9-15-18-12(3)13(4)20-15/h11,14,17H,7-10H2,1-6H3. The van der Waals surface area contributed by atoms with E-state index in [0.29, 0.717) is 6.04 Å². The Labute approximate surface area is 127 Å². The number of nitrogens with one attached hydrogen (secondary N) is 1. The van der Waals surface area contributed by atoms with Crippen molar-refractivity contribution in [2.24, 2.45) is 5.92 Å². The molecule has 1 saturated heterocycles. The van der Waals surface area contributed by atoms with Gasteiger partial charge in [0.1, 0.15) is 5.01 Å². The molecule has 2 unspecified atom stereocenters. The first-order valence-corrected chi connectivity index (χ1v) is 8.56. The molecule has 114 valence electrons. The van der Waals surface area contributed by atoms with Crippen molar-refractivity contribution in [3.05, 3.63) is 15.6 Å². The van der Waals surface area contributed by atoms with Crippen molar-refractivity contribution in [2.45, 2.75) is 66.1 Å². The van der Waals surface area contributed by atoms with E-state index in [-0.39, 0.29) is 5.54 Å². The summed E-state index contributed by atoms with van der Waals surface area (Å²) in [6.45, 7) is 16.7. The van der Waals surface area contributed by atoms with Crippen molar-refractivity contribution in [3.63, 3.8) is 0 Å². The second-order valence-corrected chi connectivity index (χ2v) is 8.16. The Kier molecular flexibility index (Phi) is 4.88. The van der Waals surface area contributed by atoms with E-state index in [2.05, 4.69) is 51.8 Å². The molecule has 0 aromatic carbocycles. The van der Waals surface area contributed by atoms with Crippen LogP contribution in [0.2, 0.25) is 0 Å². The van der Waals surface area contributed by atoms with Crippen LogP contribution in [0.4, 0.5) is 0 Å². The van der Waals surface area contributed by atoms with E-state index in [1.165, 1.54) is 22.0 Å². The average Bonchev–Trinajstić information content (AvgIpc) is 2.66. The summed E-state index contributed by atoms with van der Waals surface area (Å²) in [7, 11) is 0. The van der Waals surface area contributed by atoms with Gasteiger partial charge in [-0.25, -0.2) is 4.98 Å². The second-order valence-electron chi connectivity index (χ2n) is 6.87. The summed E-state index contributed by atoms with van der Waals surface area (Å²) in [6.07, 6.45) is 1.24. The van der Waals surface area contributed by atoms with E-state index in [1.54, 1.807) is 0 Å². The third kappa shape index (κ3) is 3.60. The summed E-state index contributed by atoms with van der Waals surface area (Å²) in [5.41, 5.74) is 1.39. The third-order valence-corrected chi connectivity index (χ3v) is 5.63. The van der Waals surface area contributed by atoms with Crippen molar-refractivity contribution < 1.29 is 0 Å². The van der Waals surface area contributed by atoms with Crippen molar-refractivity contribution in [2.75, 3.05) is 13.1 Å². The van der Waals surface area contributed by atoms with Gasteiger partial charge in [-0.2, -0.15) is 0 Å². The van der Waals surface area contributed by atoms with Crippen LogP contribution in [0.5, 0.6) is 0 Å². The molecule has 2 heterocycles. The predicted molar refractivity (Wildman–Crippen MR) is 87.3 cm³/mol. The molecule has 1 fully saturated rings. The maximum absolute atomic E-state index is 4.73. The van der Waals surface area contributed by atoms with Crippen molar-refractivity contribution >= 4 is 11.3 Å². The SMILES string of the molecule is CCC(C)C1CNC(C)(C)CN1Cc1nc(C)c(C)s1. The highest BCUT2D eigenvalue weighted by Crippen LogP contribution is 2.26. The van der Waals surface area contributed by atoms with Gasteiger partial charge in [0.05, 0.1) is 12.2 Å². The van der Waals surface area contributed by atoms with Crippen LogP contribution < -0.4 is 5.32 Å². The van der Waals surface area contributed by atoms with Gasteiger partial charge in [0.2, 0.25) is 0 Å². The van der Waals surface area contributed by atoms with E-state index >= 15 is 0 Å². The van der Waals surface area contributed by atoms with E-state index < -0.39 is 0 Å². The number of piperazine rings is 1. The van der Waals surface area contributed by atoms with Gasteiger partial charge in [-0.3, -0.25) is 4.90 Å². The Bertz CT molecular complexity index is 433. The number of aromatic nitrogens is 1. The normalized spacial score (nSPS) is 24.8. The average molecular weight is 295 g/mol. The Morgan fingerprint density at radius 1 is 1.45 bits per heavy atom. The lowest BCUT2D eigenvalue weighted by Gasteiger charge is -2.46. The smallest absolute Gasteiger partial charge is 0.107 e. The van der Waals surface area contributed by atoms with E-state index in [0.717, 1.165) is 25.6 Å². The van der Waals surface area contributed by atoms with E-state index in [1.807, 2.05) is 11.3 Å².